The molecule has 0 bridgehead atoms. The average Bonchev–Trinajstić information content (AvgIpc) is 1.81. The van der Waals surface area contributed by atoms with E-state index in [1.165, 1.54) is 0 Å². The fourth-order valence-electron chi connectivity index (χ4n) is 0.228. The Morgan fingerprint density at radius 3 is 1.62 bits per heavy atom. The minimum absolute atomic E-state index is 0.230. The van der Waals surface area contributed by atoms with Crippen LogP contribution >= 0.6 is 0 Å². The molecule has 0 saturated carbocycles. The zero-order chi connectivity index (χ0) is 6.24. The van der Waals surface area contributed by atoms with Gasteiger partial charge < -0.3 is 9.59 Å². The predicted molar refractivity (Wildman–Crippen MR) is 28.1 cm³/mol. The fraction of sp³-hybridized carbons (Fsp3) is 0.500. The summed E-state index contributed by atoms with van der Waals surface area (Å²) in [5.41, 5.74) is 4.97. The maximum atomic E-state index is 9.58. The largest absolute Gasteiger partial charge is 0.302 e. The molecular weight excluding hydrogens is 108 g/mol. The second kappa shape index (κ2) is 6.26. The molecule has 0 amide bonds. The van der Waals surface area contributed by atoms with E-state index in [0.29, 0.717) is 12.6 Å². The molecule has 0 fully saturated rings. The highest BCUT2D eigenvalue weighted by Gasteiger charge is 1.77. The first-order chi connectivity index (χ1) is 3.91. The Bertz CT molecular complexity index is 64.4. The van der Waals surface area contributed by atoms with E-state index in [1.807, 2.05) is 0 Å². The maximum absolute atomic E-state index is 9.58. The van der Waals surface area contributed by atoms with Gasteiger partial charge in [-0.15, -0.1) is 0 Å². The van der Waals surface area contributed by atoms with Crippen LogP contribution in [0.4, 0.5) is 0 Å². The molecule has 0 aliphatic carbocycles. The van der Waals surface area contributed by atoms with Crippen LogP contribution in [0, 0.1) is 0 Å². The van der Waals surface area contributed by atoms with Crippen molar-refractivity contribution in [2.45, 2.75) is 0 Å². The summed E-state index contributed by atoms with van der Waals surface area (Å²) < 4.78 is 0. The molecule has 0 aliphatic heterocycles. The van der Waals surface area contributed by atoms with Crippen molar-refractivity contribution in [2.24, 2.45) is 0 Å². The summed E-state index contributed by atoms with van der Waals surface area (Å²) in [6.45, 7) is 0.460. The summed E-state index contributed by atoms with van der Waals surface area (Å²) in [5.74, 6) is 0. The van der Waals surface area contributed by atoms with Crippen molar-refractivity contribution in [3.8, 4) is 0 Å². The van der Waals surface area contributed by atoms with Gasteiger partial charge in [-0.05, 0) is 0 Å². The molecule has 0 aromatic carbocycles. The van der Waals surface area contributed by atoms with Crippen LogP contribution < -0.4 is 10.9 Å². The monoisotopic (exact) mass is 116 g/mol. The van der Waals surface area contributed by atoms with Crippen molar-refractivity contribution in [2.75, 3.05) is 13.1 Å². The van der Waals surface area contributed by atoms with Gasteiger partial charge in [0.1, 0.15) is 12.6 Å². The van der Waals surface area contributed by atoms with E-state index in [1.54, 1.807) is 0 Å². The van der Waals surface area contributed by atoms with Crippen molar-refractivity contribution in [1.29, 1.82) is 0 Å². The summed E-state index contributed by atoms with van der Waals surface area (Å²) >= 11 is 0. The van der Waals surface area contributed by atoms with E-state index in [-0.39, 0.29) is 13.1 Å². The number of hydrogen-bond acceptors (Lipinski definition) is 4. The van der Waals surface area contributed by atoms with Crippen molar-refractivity contribution in [3.63, 3.8) is 0 Å². The Hall–Kier alpha value is -0.740. The van der Waals surface area contributed by atoms with Crippen LogP contribution in [0.3, 0.4) is 0 Å². The van der Waals surface area contributed by atoms with E-state index in [2.05, 4.69) is 10.9 Å². The van der Waals surface area contributed by atoms with Gasteiger partial charge in [0.25, 0.3) is 0 Å². The molecule has 0 atom stereocenters. The Balaban J connectivity index is 2.71. The summed E-state index contributed by atoms with van der Waals surface area (Å²) in [7, 11) is 0. The van der Waals surface area contributed by atoms with Crippen LogP contribution in [0.2, 0.25) is 0 Å². The minimum atomic E-state index is 0.230. The average molecular weight is 116 g/mol. The van der Waals surface area contributed by atoms with E-state index in [4.69, 9.17) is 0 Å². The van der Waals surface area contributed by atoms with Crippen LogP contribution in [-0.4, -0.2) is 25.7 Å². The summed E-state index contributed by atoms with van der Waals surface area (Å²) in [6.07, 6.45) is 1.41. The molecule has 4 nitrogen and oxygen atoms in total. The lowest BCUT2D eigenvalue weighted by atomic mass is 10.7. The van der Waals surface area contributed by atoms with Crippen LogP contribution in [0.25, 0.3) is 0 Å². The Morgan fingerprint density at radius 2 is 1.38 bits per heavy atom. The molecule has 2 N–H and O–H groups in total. The second-order valence-electron chi connectivity index (χ2n) is 1.10. The maximum Gasteiger partial charge on any atom is 0.135 e. The van der Waals surface area contributed by atoms with E-state index in [0.717, 1.165) is 0 Å². The molecule has 0 saturated heterocycles. The highest BCUT2D eigenvalue weighted by atomic mass is 16.1. The number of carbonyl (C=O) groups is 2. The molecule has 0 heterocycles. The van der Waals surface area contributed by atoms with Crippen LogP contribution in [-0.2, 0) is 9.59 Å². The number of rotatable bonds is 5. The first-order valence-corrected chi connectivity index (χ1v) is 2.25. The lowest BCUT2D eigenvalue weighted by molar-refractivity contribution is -0.109. The smallest absolute Gasteiger partial charge is 0.135 e. The number of hydrogen-bond donors (Lipinski definition) is 2. The van der Waals surface area contributed by atoms with E-state index >= 15 is 0 Å². The predicted octanol–water partition coefficient (Wildman–Crippen LogP) is -1.52. The molecule has 0 aromatic rings. The van der Waals surface area contributed by atoms with Crippen molar-refractivity contribution < 1.29 is 9.59 Å². The Kier molecular flexibility index (Phi) is 5.68. The lowest BCUT2D eigenvalue weighted by Gasteiger charge is -1.94. The van der Waals surface area contributed by atoms with Gasteiger partial charge >= 0.3 is 0 Å². The molecule has 0 unspecified atom stereocenters. The third kappa shape index (κ3) is 5.26. The molecule has 0 radical (unpaired) electrons. The van der Waals surface area contributed by atoms with Crippen LogP contribution in [0.15, 0.2) is 0 Å². The van der Waals surface area contributed by atoms with Gasteiger partial charge in [-0.1, -0.05) is 0 Å². The van der Waals surface area contributed by atoms with E-state index in [9.17, 15) is 9.59 Å². The van der Waals surface area contributed by atoms with Crippen LogP contribution in [0.5, 0.6) is 0 Å². The van der Waals surface area contributed by atoms with Gasteiger partial charge in [0.15, 0.2) is 0 Å². The number of carbonyl (C=O) groups excluding carboxylic acids is 2. The normalized spacial score (nSPS) is 8.50. The van der Waals surface area contributed by atoms with Gasteiger partial charge in [0.05, 0.1) is 13.1 Å². The van der Waals surface area contributed by atoms with Gasteiger partial charge in [-0.25, -0.2) is 0 Å². The highest BCUT2D eigenvalue weighted by molar-refractivity contribution is 5.53. The molecule has 46 valence electrons. The van der Waals surface area contributed by atoms with Crippen molar-refractivity contribution in [1.82, 2.24) is 10.9 Å². The van der Waals surface area contributed by atoms with Crippen molar-refractivity contribution >= 4 is 12.6 Å². The molecule has 0 spiro atoms. The number of hydrazine groups is 1. The lowest BCUT2D eigenvalue weighted by Crippen LogP contribution is -2.34. The van der Waals surface area contributed by atoms with Gasteiger partial charge in [-0.2, -0.15) is 0 Å². The zero-order valence-electron chi connectivity index (χ0n) is 4.39. The van der Waals surface area contributed by atoms with Crippen molar-refractivity contribution in [3.05, 3.63) is 0 Å². The molecule has 0 aromatic heterocycles. The van der Waals surface area contributed by atoms with Crippen LogP contribution in [0.1, 0.15) is 0 Å². The molecule has 8 heavy (non-hydrogen) atoms. The minimum Gasteiger partial charge on any atom is -0.302 e. The summed E-state index contributed by atoms with van der Waals surface area (Å²) in [6, 6.07) is 0. The summed E-state index contributed by atoms with van der Waals surface area (Å²) in [5, 5.41) is 0. The quantitative estimate of drug-likeness (QED) is 0.260. The number of aldehydes is 2. The Morgan fingerprint density at radius 1 is 1.00 bits per heavy atom. The third-order valence-electron chi connectivity index (χ3n) is 0.496. The highest BCUT2D eigenvalue weighted by Crippen LogP contribution is 1.42. The number of nitrogens with one attached hydrogen (secondary N) is 2. The topological polar surface area (TPSA) is 58.2 Å². The van der Waals surface area contributed by atoms with E-state index < -0.39 is 0 Å². The molecule has 0 aliphatic rings. The van der Waals surface area contributed by atoms with Gasteiger partial charge in [0, 0.05) is 0 Å². The second-order valence-corrected chi connectivity index (χ2v) is 1.10. The standard InChI is InChI=1S/C4H8N2O2/c7-3-1-5-6-2-4-8/h3-6H,1-2H2. The molecule has 0 rings (SSSR count). The summed E-state index contributed by atoms with van der Waals surface area (Å²) in [4.78, 5) is 19.2. The zero-order valence-corrected chi connectivity index (χ0v) is 4.39. The fourth-order valence-corrected chi connectivity index (χ4v) is 0.228. The first-order valence-electron chi connectivity index (χ1n) is 2.25. The Labute approximate surface area is 47.2 Å². The van der Waals surface area contributed by atoms with Gasteiger partial charge in [0.2, 0.25) is 0 Å². The third-order valence-corrected chi connectivity index (χ3v) is 0.496. The SMILES string of the molecule is O=CCNNCC=O. The molecule has 4 heteroatoms. The first kappa shape index (κ1) is 7.26. The van der Waals surface area contributed by atoms with Gasteiger partial charge in [-0.3, -0.25) is 10.9 Å². The molecular formula is C4H8N2O2.